The molecule has 19 heavy (non-hydrogen) atoms. The summed E-state index contributed by atoms with van der Waals surface area (Å²) >= 11 is 0. The largest absolute Gasteiger partial charge is 0.508 e. The van der Waals surface area contributed by atoms with Crippen LogP contribution < -0.4 is 0 Å². The molecule has 1 aromatic carbocycles. The number of Topliss-reactive ketones (excluding diaryl/α,β-unsaturated/α-hetero) is 2. The number of hydrogen-bond acceptors (Lipinski definition) is 4. The average Bonchev–Trinajstić information content (AvgIpc) is 2.36. The predicted octanol–water partition coefficient (Wildman–Crippen LogP) is 2.01. The van der Waals surface area contributed by atoms with Gasteiger partial charge in [-0.1, -0.05) is 6.92 Å². The van der Waals surface area contributed by atoms with Crippen molar-refractivity contribution in [2.24, 2.45) is 5.92 Å². The topological polar surface area (TPSA) is 57.6 Å². The van der Waals surface area contributed by atoms with Gasteiger partial charge in [-0.3, -0.25) is 14.5 Å². The van der Waals surface area contributed by atoms with Gasteiger partial charge in [-0.15, -0.1) is 0 Å². The summed E-state index contributed by atoms with van der Waals surface area (Å²) in [5, 5.41) is 9.86. The van der Waals surface area contributed by atoms with Crippen molar-refractivity contribution in [1.29, 1.82) is 0 Å². The zero-order valence-electron chi connectivity index (χ0n) is 11.3. The van der Waals surface area contributed by atoms with Crippen LogP contribution in [0.5, 0.6) is 5.75 Å². The highest BCUT2D eigenvalue weighted by atomic mass is 16.3. The zero-order valence-corrected chi connectivity index (χ0v) is 11.3. The molecule has 1 fully saturated rings. The minimum absolute atomic E-state index is 0.0107. The lowest BCUT2D eigenvalue weighted by Crippen LogP contribution is -2.39. The highest BCUT2D eigenvalue weighted by molar-refractivity contribution is 5.94. The van der Waals surface area contributed by atoms with Crippen molar-refractivity contribution in [2.75, 3.05) is 13.1 Å². The van der Waals surface area contributed by atoms with Crippen molar-refractivity contribution >= 4 is 11.6 Å². The Morgan fingerprint density at radius 2 is 2.21 bits per heavy atom. The summed E-state index contributed by atoms with van der Waals surface area (Å²) in [6, 6.07) is 4.92. The fourth-order valence-electron chi connectivity index (χ4n) is 2.41. The minimum atomic E-state index is -0.0107. The van der Waals surface area contributed by atoms with Crippen molar-refractivity contribution in [2.45, 2.75) is 26.8 Å². The van der Waals surface area contributed by atoms with E-state index in [1.54, 1.807) is 18.2 Å². The van der Waals surface area contributed by atoms with Crippen LogP contribution in [-0.4, -0.2) is 34.7 Å². The van der Waals surface area contributed by atoms with Crippen LogP contribution in [0.25, 0.3) is 0 Å². The maximum Gasteiger partial charge on any atom is 0.159 e. The van der Waals surface area contributed by atoms with Gasteiger partial charge in [0.1, 0.15) is 11.5 Å². The second kappa shape index (κ2) is 5.53. The molecular formula is C15H19NO3. The normalized spacial score (nSPS) is 20.5. The number of hydrogen-bond donors (Lipinski definition) is 1. The first-order valence-corrected chi connectivity index (χ1v) is 6.55. The van der Waals surface area contributed by atoms with Crippen LogP contribution in [0.1, 0.15) is 36.2 Å². The standard InChI is InChI=1S/C15H19NO3/c1-10-8-16(6-5-14(10)18)9-13-7-12(11(2)17)3-4-15(13)19/h3-4,7,10,19H,5-6,8-9H2,1-2H3. The van der Waals surface area contributed by atoms with Gasteiger partial charge in [-0.05, 0) is 25.1 Å². The molecule has 4 nitrogen and oxygen atoms in total. The number of piperidine rings is 1. The minimum Gasteiger partial charge on any atom is -0.508 e. The molecule has 2 rings (SSSR count). The fourth-order valence-corrected chi connectivity index (χ4v) is 2.41. The van der Waals surface area contributed by atoms with Crippen molar-refractivity contribution in [1.82, 2.24) is 4.90 Å². The first kappa shape index (κ1) is 13.7. The molecule has 1 saturated heterocycles. The number of nitrogens with zero attached hydrogens (tertiary/aromatic N) is 1. The first-order valence-electron chi connectivity index (χ1n) is 6.55. The first-order chi connectivity index (χ1) is 8.97. The molecule has 1 N–H and O–H groups in total. The molecule has 0 saturated carbocycles. The van der Waals surface area contributed by atoms with Crippen LogP contribution >= 0.6 is 0 Å². The molecule has 0 bridgehead atoms. The maximum atomic E-state index is 11.5. The summed E-state index contributed by atoms with van der Waals surface area (Å²) in [5.74, 6) is 0.544. The smallest absolute Gasteiger partial charge is 0.159 e. The molecule has 1 unspecified atom stereocenters. The summed E-state index contributed by atoms with van der Waals surface area (Å²) in [7, 11) is 0. The van der Waals surface area contributed by atoms with Crippen molar-refractivity contribution in [3.8, 4) is 5.75 Å². The highest BCUT2D eigenvalue weighted by Gasteiger charge is 2.23. The van der Waals surface area contributed by atoms with E-state index in [-0.39, 0.29) is 17.5 Å². The summed E-state index contributed by atoms with van der Waals surface area (Å²) in [4.78, 5) is 25.0. The van der Waals surface area contributed by atoms with E-state index in [0.717, 1.165) is 5.56 Å². The SMILES string of the molecule is CC(=O)c1ccc(O)c(CN2CCC(=O)C(C)C2)c1. The number of phenols is 1. The van der Waals surface area contributed by atoms with Crippen LogP contribution in [0.15, 0.2) is 18.2 Å². The molecule has 0 radical (unpaired) electrons. The van der Waals surface area contributed by atoms with E-state index in [2.05, 4.69) is 4.90 Å². The van der Waals surface area contributed by atoms with E-state index >= 15 is 0 Å². The van der Waals surface area contributed by atoms with Gasteiger partial charge in [-0.25, -0.2) is 0 Å². The Morgan fingerprint density at radius 3 is 2.84 bits per heavy atom. The van der Waals surface area contributed by atoms with Gasteiger partial charge in [0.05, 0.1) is 0 Å². The quantitative estimate of drug-likeness (QED) is 0.846. The molecule has 1 heterocycles. The molecule has 1 aliphatic heterocycles. The third kappa shape index (κ3) is 3.20. The Hall–Kier alpha value is -1.68. The molecule has 102 valence electrons. The number of ketones is 2. The van der Waals surface area contributed by atoms with E-state index in [1.165, 1.54) is 6.92 Å². The van der Waals surface area contributed by atoms with E-state index in [0.29, 0.717) is 37.4 Å². The van der Waals surface area contributed by atoms with Crippen molar-refractivity contribution in [3.05, 3.63) is 29.3 Å². The van der Waals surface area contributed by atoms with Gasteiger partial charge in [0.2, 0.25) is 0 Å². The summed E-state index contributed by atoms with van der Waals surface area (Å²) < 4.78 is 0. The molecule has 0 amide bonds. The summed E-state index contributed by atoms with van der Waals surface area (Å²) in [5.41, 5.74) is 1.35. The Bertz CT molecular complexity index is 510. The second-order valence-electron chi connectivity index (χ2n) is 5.25. The third-order valence-corrected chi connectivity index (χ3v) is 3.64. The molecular weight excluding hydrogens is 242 g/mol. The van der Waals surface area contributed by atoms with Crippen LogP contribution in [0.3, 0.4) is 0 Å². The third-order valence-electron chi connectivity index (χ3n) is 3.64. The molecule has 0 aromatic heterocycles. The molecule has 4 heteroatoms. The van der Waals surface area contributed by atoms with Crippen molar-refractivity contribution in [3.63, 3.8) is 0 Å². The lowest BCUT2D eigenvalue weighted by atomic mass is 9.97. The van der Waals surface area contributed by atoms with Gasteiger partial charge in [0.15, 0.2) is 5.78 Å². The van der Waals surface area contributed by atoms with Crippen LogP contribution in [0.4, 0.5) is 0 Å². The van der Waals surface area contributed by atoms with Gasteiger partial charge in [-0.2, -0.15) is 0 Å². The lowest BCUT2D eigenvalue weighted by Gasteiger charge is -2.30. The number of phenolic OH excluding ortho intramolecular Hbond substituents is 1. The Kier molecular flexibility index (Phi) is 4.00. The van der Waals surface area contributed by atoms with Gasteiger partial charge in [0.25, 0.3) is 0 Å². The maximum absolute atomic E-state index is 11.5. The van der Waals surface area contributed by atoms with E-state index in [9.17, 15) is 14.7 Å². The zero-order chi connectivity index (χ0) is 14.0. The van der Waals surface area contributed by atoms with E-state index in [4.69, 9.17) is 0 Å². The van der Waals surface area contributed by atoms with Crippen LogP contribution in [-0.2, 0) is 11.3 Å². The Balaban J connectivity index is 2.12. The predicted molar refractivity (Wildman–Crippen MR) is 72.2 cm³/mol. The Morgan fingerprint density at radius 1 is 1.47 bits per heavy atom. The van der Waals surface area contributed by atoms with Gasteiger partial charge in [0, 0.05) is 43.1 Å². The lowest BCUT2D eigenvalue weighted by molar-refractivity contribution is -0.125. The van der Waals surface area contributed by atoms with E-state index < -0.39 is 0 Å². The number of carbonyl (C=O) groups is 2. The molecule has 1 atom stereocenters. The highest BCUT2D eigenvalue weighted by Crippen LogP contribution is 2.23. The Labute approximate surface area is 113 Å². The molecule has 0 spiro atoms. The van der Waals surface area contributed by atoms with Gasteiger partial charge < -0.3 is 5.11 Å². The fraction of sp³-hybridized carbons (Fsp3) is 0.467. The molecule has 1 aliphatic rings. The van der Waals surface area contributed by atoms with Crippen LogP contribution in [0.2, 0.25) is 0 Å². The number of likely N-dealkylation sites (tertiary alicyclic amines) is 1. The van der Waals surface area contributed by atoms with Crippen molar-refractivity contribution < 1.29 is 14.7 Å². The second-order valence-corrected chi connectivity index (χ2v) is 5.25. The van der Waals surface area contributed by atoms with E-state index in [1.807, 2.05) is 6.92 Å². The number of aromatic hydroxyl groups is 1. The number of benzene rings is 1. The number of carbonyl (C=O) groups excluding carboxylic acids is 2. The summed E-state index contributed by atoms with van der Waals surface area (Å²) in [6.07, 6.45) is 0.564. The number of rotatable bonds is 3. The molecule has 1 aromatic rings. The summed E-state index contributed by atoms with van der Waals surface area (Å²) in [6.45, 7) is 5.44. The molecule has 0 aliphatic carbocycles. The monoisotopic (exact) mass is 261 g/mol. The average molecular weight is 261 g/mol. The van der Waals surface area contributed by atoms with Crippen LogP contribution in [0, 0.1) is 5.92 Å². The van der Waals surface area contributed by atoms with Gasteiger partial charge >= 0.3 is 0 Å².